The Bertz CT molecular complexity index is 2740. The number of carbonyl (C=O) groups excluding carboxylic acids is 2. The predicted molar refractivity (Wildman–Crippen MR) is 247 cm³/mol. The summed E-state index contributed by atoms with van der Waals surface area (Å²) < 4.78 is 41.9. The smallest absolute Gasteiger partial charge is 0.444 e. The maximum atomic E-state index is 12.2. The molecule has 0 saturated carbocycles. The number of fused-ring (bicyclic) bond motifs is 2. The van der Waals surface area contributed by atoms with Crippen molar-refractivity contribution in [3.05, 3.63) is 93.7 Å². The number of halogens is 5. The normalized spacial score (nSPS) is 15.7. The largest absolute Gasteiger partial charge is 0.446 e. The van der Waals surface area contributed by atoms with Gasteiger partial charge >= 0.3 is 12.3 Å². The van der Waals surface area contributed by atoms with Crippen molar-refractivity contribution >= 4 is 66.9 Å². The lowest BCUT2D eigenvalue weighted by Crippen LogP contribution is -2.54. The third-order valence-corrected chi connectivity index (χ3v) is 11.7. The molecule has 6 aromatic rings. The minimum atomic E-state index is -4.64. The fraction of sp³-hybridized carbons (Fsp3) is 0.378. The van der Waals surface area contributed by atoms with E-state index in [9.17, 15) is 28.5 Å². The molecule has 0 aromatic carbocycles. The maximum Gasteiger partial charge on any atom is 0.446 e. The topological polar surface area (TPSA) is 196 Å². The van der Waals surface area contributed by atoms with Crippen LogP contribution in [0.15, 0.2) is 82.5 Å². The summed E-state index contributed by atoms with van der Waals surface area (Å²) in [6.45, 7) is 13.1. The van der Waals surface area contributed by atoms with Crippen molar-refractivity contribution in [3.63, 3.8) is 0 Å². The number of aldehydes is 1. The number of nitrogens with zero attached hydrogens (tertiary/aromatic N) is 10. The van der Waals surface area contributed by atoms with Gasteiger partial charge < -0.3 is 25.6 Å². The average Bonchev–Trinajstić information content (AvgIpc) is 3.86. The molecule has 6 aromatic heterocycles. The highest BCUT2D eigenvalue weighted by Crippen LogP contribution is 2.33. The Hall–Kier alpha value is -6.09. The van der Waals surface area contributed by atoms with Crippen molar-refractivity contribution < 1.29 is 27.5 Å². The van der Waals surface area contributed by atoms with Gasteiger partial charge in [-0.25, -0.2) is 23.8 Å². The van der Waals surface area contributed by atoms with E-state index in [1.807, 2.05) is 75.9 Å². The number of nitrogens with one attached hydrogen (secondary N) is 1. The summed E-state index contributed by atoms with van der Waals surface area (Å²) in [5, 5.41) is 30.4. The summed E-state index contributed by atoms with van der Waals surface area (Å²) in [5.74, 6) is 1.85. The van der Waals surface area contributed by atoms with Crippen molar-refractivity contribution in [2.24, 2.45) is 5.73 Å². The number of amides is 1. The summed E-state index contributed by atoms with van der Waals surface area (Å²) in [4.78, 5) is 34.8. The average molecular weight is 1020 g/mol. The minimum Gasteiger partial charge on any atom is -0.444 e. The molecule has 0 atom stereocenters. The molecular weight excluding hydrogens is 973 g/mol. The molecule has 0 spiro atoms. The lowest BCUT2D eigenvalue weighted by molar-refractivity contribution is -0.156. The number of carbonyl (C=O) groups is 2. The van der Waals surface area contributed by atoms with Crippen LogP contribution < -0.4 is 20.9 Å². The van der Waals surface area contributed by atoms with E-state index in [1.54, 1.807) is 21.4 Å². The number of ether oxygens (including phenoxy) is 1. The monoisotopic (exact) mass is 1020 g/mol. The molecule has 8 rings (SSSR count). The molecule has 0 radical (unpaired) electrons. The van der Waals surface area contributed by atoms with Crippen molar-refractivity contribution in [1.82, 2.24) is 34.5 Å². The Morgan fingerprint density at radius 3 is 1.55 bits per heavy atom. The first-order valence-corrected chi connectivity index (χ1v) is 22.1. The maximum absolute atomic E-state index is 12.2. The Morgan fingerprint density at radius 2 is 1.20 bits per heavy atom. The molecule has 2 aliphatic rings. The number of alkyl carbamates (subject to hydrolysis) is 1. The minimum absolute atomic E-state index is 0.0753. The lowest BCUT2D eigenvalue weighted by Gasteiger charge is -2.40. The molecule has 0 bridgehead atoms. The van der Waals surface area contributed by atoms with Crippen molar-refractivity contribution in [2.45, 2.75) is 83.2 Å². The molecule has 0 unspecified atom stereocenters. The zero-order valence-electron chi connectivity index (χ0n) is 36.3. The van der Waals surface area contributed by atoms with Gasteiger partial charge in [-0.15, -0.1) is 0 Å². The van der Waals surface area contributed by atoms with Gasteiger partial charge in [-0.3, -0.25) is 4.79 Å². The molecule has 340 valence electrons. The van der Waals surface area contributed by atoms with E-state index >= 15 is 0 Å². The Kier molecular flexibility index (Phi) is 14.6. The molecule has 8 heterocycles. The van der Waals surface area contributed by atoms with Crippen LogP contribution in [0, 0.1) is 22.7 Å². The highest BCUT2D eigenvalue weighted by atomic mass is 79.9. The van der Waals surface area contributed by atoms with Crippen LogP contribution in [0.3, 0.4) is 0 Å². The van der Waals surface area contributed by atoms with Crippen LogP contribution in [0.2, 0.25) is 0 Å². The number of nitriles is 2. The van der Waals surface area contributed by atoms with E-state index in [-0.39, 0.29) is 17.2 Å². The molecule has 2 aliphatic heterocycles. The van der Waals surface area contributed by atoms with Gasteiger partial charge in [-0.1, -0.05) is 0 Å². The first-order chi connectivity index (χ1) is 30.6. The van der Waals surface area contributed by atoms with Crippen LogP contribution in [0.25, 0.3) is 33.3 Å². The van der Waals surface area contributed by atoms with Gasteiger partial charge in [0, 0.05) is 93.2 Å². The third-order valence-electron chi connectivity index (χ3n) is 10.9. The molecular formula is C45H47Br2F3N12O3. The Balaban J connectivity index is 0.000000195. The summed E-state index contributed by atoms with van der Waals surface area (Å²) in [6.07, 6.45) is 7.97. The fourth-order valence-corrected chi connectivity index (χ4v) is 8.24. The molecule has 1 amide bonds. The number of piperidine rings is 2. The van der Waals surface area contributed by atoms with Gasteiger partial charge in [0.15, 0.2) is 0 Å². The van der Waals surface area contributed by atoms with Crippen molar-refractivity contribution in [2.75, 3.05) is 36.0 Å². The third kappa shape index (κ3) is 12.4. The van der Waals surface area contributed by atoms with Gasteiger partial charge in [-0.2, -0.15) is 33.9 Å². The summed E-state index contributed by atoms with van der Waals surface area (Å²) in [7, 11) is 0. The van der Waals surface area contributed by atoms with Crippen LogP contribution >= 0.6 is 31.9 Å². The van der Waals surface area contributed by atoms with E-state index in [2.05, 4.69) is 94.2 Å². The highest BCUT2D eigenvalue weighted by Gasteiger charge is 2.34. The van der Waals surface area contributed by atoms with Gasteiger partial charge in [0.2, 0.25) is 6.29 Å². The van der Waals surface area contributed by atoms with E-state index in [1.165, 1.54) is 0 Å². The Morgan fingerprint density at radius 1 is 0.785 bits per heavy atom. The summed E-state index contributed by atoms with van der Waals surface area (Å²) in [6, 6.07) is 16.5. The van der Waals surface area contributed by atoms with E-state index < -0.39 is 18.1 Å². The number of hydrogen-bond acceptors (Lipinski definition) is 12. The first kappa shape index (κ1) is 48.4. The zero-order chi connectivity index (χ0) is 47.3. The first-order valence-electron chi connectivity index (χ1n) is 20.5. The number of aromatic nitrogens is 6. The van der Waals surface area contributed by atoms with Gasteiger partial charge in [-0.05, 0) is 129 Å². The van der Waals surface area contributed by atoms with Gasteiger partial charge in [0.25, 0.3) is 0 Å². The second kappa shape index (κ2) is 19.6. The van der Waals surface area contributed by atoms with Gasteiger partial charge in [0.1, 0.15) is 29.4 Å². The standard InChI is InChI=1S/C24H27BrN6O2.C19H19BrN6.C2HF3O/c1-23(2,3)33-22(32)29-24(4)7-9-30(10-8-24)20-6-5-16(13-27-20)19-11-18(25)15-31-21(19)17(12-26)14-28-31;1-19(22)4-6-25(7-5-19)17-3-2-13(10-23-17)16-8-15(20)12-26-18(16)14(9-21)11-24-26;3-2(4,5)1-6/h5-6,11,13-15H,7-10H2,1-4H3,(H,29,32);2-3,8,10-12H,4-7,22H2,1H3;1H. The quantitative estimate of drug-likeness (QED) is 0.156. The van der Waals surface area contributed by atoms with E-state index in [4.69, 9.17) is 20.2 Å². The molecule has 15 nitrogen and oxygen atoms in total. The zero-order valence-corrected chi connectivity index (χ0v) is 39.5. The summed E-state index contributed by atoms with van der Waals surface area (Å²) >= 11 is 7.04. The summed E-state index contributed by atoms with van der Waals surface area (Å²) in [5.41, 5.74) is 11.6. The van der Waals surface area contributed by atoms with Crippen LogP contribution in [0.1, 0.15) is 71.4 Å². The van der Waals surface area contributed by atoms with Crippen LogP contribution in [-0.2, 0) is 9.53 Å². The molecule has 65 heavy (non-hydrogen) atoms. The predicted octanol–water partition coefficient (Wildman–Crippen LogP) is 9.01. The number of alkyl halides is 3. The highest BCUT2D eigenvalue weighted by molar-refractivity contribution is 9.10. The van der Waals surface area contributed by atoms with Crippen LogP contribution in [0.5, 0.6) is 0 Å². The van der Waals surface area contributed by atoms with Gasteiger partial charge in [0.05, 0.1) is 34.6 Å². The Labute approximate surface area is 390 Å². The molecule has 3 N–H and O–H groups in total. The molecule has 2 saturated heterocycles. The number of anilines is 2. The number of nitrogens with two attached hydrogens (primary N) is 1. The van der Waals surface area contributed by atoms with Crippen molar-refractivity contribution in [1.29, 1.82) is 10.5 Å². The van der Waals surface area contributed by atoms with Crippen molar-refractivity contribution in [3.8, 4) is 34.4 Å². The molecule has 2 fully saturated rings. The number of hydrogen-bond donors (Lipinski definition) is 2. The lowest BCUT2D eigenvalue weighted by atomic mass is 9.90. The second-order valence-corrected chi connectivity index (χ2v) is 19.2. The fourth-order valence-electron chi connectivity index (χ4n) is 7.40. The van der Waals surface area contributed by atoms with E-state index in [0.29, 0.717) is 11.1 Å². The molecule has 20 heteroatoms. The SMILES string of the molecule is CC1(N)CCN(c2ccc(-c3cc(Br)cn4ncc(C#N)c34)cn2)CC1.CC1(NC(=O)OC(C)(C)C)CCN(c2ccc(-c3cc(Br)cn4ncc(C#N)c34)cn2)CC1.O=CC(F)(F)F. The number of pyridine rings is 4. The number of rotatable bonds is 5. The van der Waals surface area contributed by atoms with E-state index in [0.717, 1.165) is 106 Å². The molecule has 0 aliphatic carbocycles. The second-order valence-electron chi connectivity index (χ2n) is 17.4. The van der Waals surface area contributed by atoms with Crippen LogP contribution in [0.4, 0.5) is 29.6 Å². The van der Waals surface area contributed by atoms with Crippen LogP contribution in [-0.4, -0.2) is 90.6 Å².